The number of aromatic nitrogens is 3. The maximum Gasteiger partial charge on any atom is 0.323 e. The number of anilines is 2. The quantitative estimate of drug-likeness (QED) is 0.119. The minimum atomic E-state index is -0.622. The molecule has 4 N–H and O–H groups in total. The van der Waals surface area contributed by atoms with E-state index in [1.54, 1.807) is 36.0 Å². The van der Waals surface area contributed by atoms with Crippen LogP contribution >= 0.6 is 11.8 Å². The number of rotatable bonds is 10. The van der Waals surface area contributed by atoms with Crippen LogP contribution in [0.2, 0.25) is 0 Å². The average molecular weight is 624 g/mol. The molecule has 0 spiro atoms. The molecule has 0 saturated carbocycles. The third-order valence-electron chi connectivity index (χ3n) is 7.43. The number of ether oxygens (including phenoxy) is 3. The van der Waals surface area contributed by atoms with Gasteiger partial charge in [-0.05, 0) is 59.7 Å². The molecular weight excluding hydrogens is 590 g/mol. The Morgan fingerprint density at radius 1 is 0.867 bits per heavy atom. The maximum atomic E-state index is 12.7. The minimum Gasteiger partial charge on any atom is -0.457 e. The number of carbonyl (C=O) groups excluding carboxylic acids is 1. The van der Waals surface area contributed by atoms with E-state index in [0.29, 0.717) is 22.9 Å². The first-order valence-electron chi connectivity index (χ1n) is 14.5. The summed E-state index contributed by atoms with van der Waals surface area (Å²) in [6, 6.07) is 31.5. The van der Waals surface area contributed by atoms with E-state index in [1.807, 2.05) is 78.9 Å². The van der Waals surface area contributed by atoms with Gasteiger partial charge < -0.3 is 30.0 Å². The molecule has 2 heterocycles. The fourth-order valence-electron chi connectivity index (χ4n) is 4.98. The van der Waals surface area contributed by atoms with Crippen molar-refractivity contribution in [2.45, 2.75) is 37.2 Å². The van der Waals surface area contributed by atoms with E-state index in [2.05, 4.69) is 32.7 Å². The Balaban J connectivity index is 1.09. The van der Waals surface area contributed by atoms with Crippen molar-refractivity contribution in [3.8, 4) is 11.5 Å². The summed E-state index contributed by atoms with van der Waals surface area (Å²) in [5.41, 5.74) is 3.94. The van der Waals surface area contributed by atoms with Gasteiger partial charge in [0.25, 0.3) is 0 Å². The Morgan fingerprint density at radius 2 is 1.51 bits per heavy atom. The Hall–Kier alpha value is -4.68. The summed E-state index contributed by atoms with van der Waals surface area (Å²) < 4.78 is 18.8. The summed E-state index contributed by atoms with van der Waals surface area (Å²) in [5, 5.41) is 22.7. The molecule has 10 nitrogen and oxygen atoms in total. The van der Waals surface area contributed by atoms with Gasteiger partial charge in [-0.3, -0.25) is 5.10 Å². The smallest absolute Gasteiger partial charge is 0.323 e. The molecule has 1 fully saturated rings. The van der Waals surface area contributed by atoms with Crippen molar-refractivity contribution < 1.29 is 24.1 Å². The number of hydrogen-bond acceptors (Lipinski definition) is 8. The van der Waals surface area contributed by atoms with Crippen molar-refractivity contribution >= 4 is 29.2 Å². The minimum absolute atomic E-state index is 0.0159. The zero-order valence-corrected chi connectivity index (χ0v) is 25.3. The Labute approximate surface area is 265 Å². The number of carbonyl (C=O) groups is 1. The van der Waals surface area contributed by atoms with Gasteiger partial charge in [0.2, 0.25) is 0 Å². The van der Waals surface area contributed by atoms with E-state index < -0.39 is 6.29 Å². The van der Waals surface area contributed by atoms with E-state index in [4.69, 9.17) is 14.2 Å². The number of nitrogens with zero attached hydrogens (tertiary/aromatic N) is 2. The lowest BCUT2D eigenvalue weighted by Gasteiger charge is -2.41. The molecule has 1 aromatic heterocycles. The first kappa shape index (κ1) is 30.4. The summed E-state index contributed by atoms with van der Waals surface area (Å²) in [4.78, 5) is 16.9. The van der Waals surface area contributed by atoms with Crippen LogP contribution in [-0.4, -0.2) is 38.2 Å². The molecule has 1 aliphatic heterocycles. The SMILES string of the molecule is CC1C(CSc2ncn[nH]2)OC(c2ccc(NC(=O)Nc3ccc(Oc4ccccc4)cc3)cc2)OC1c1ccc(CO)cc1. The molecule has 2 amide bonds. The van der Waals surface area contributed by atoms with Crippen molar-refractivity contribution in [2.24, 2.45) is 5.92 Å². The molecule has 1 aliphatic rings. The number of aromatic amines is 1. The molecule has 0 bridgehead atoms. The average Bonchev–Trinajstić information content (AvgIpc) is 3.60. The van der Waals surface area contributed by atoms with Gasteiger partial charge in [-0.1, -0.05) is 73.3 Å². The lowest BCUT2D eigenvalue weighted by atomic mass is 9.91. The molecule has 45 heavy (non-hydrogen) atoms. The normalized spacial score (nSPS) is 19.5. The first-order chi connectivity index (χ1) is 22.0. The number of thioether (sulfide) groups is 1. The van der Waals surface area contributed by atoms with Gasteiger partial charge in [-0.15, -0.1) is 0 Å². The summed E-state index contributed by atoms with van der Waals surface area (Å²) in [5.74, 6) is 2.11. The highest BCUT2D eigenvalue weighted by Gasteiger charge is 2.38. The molecular formula is C34H33N5O5S. The summed E-state index contributed by atoms with van der Waals surface area (Å²) >= 11 is 1.54. The van der Waals surface area contributed by atoms with E-state index in [9.17, 15) is 9.90 Å². The third-order valence-corrected chi connectivity index (χ3v) is 8.40. The van der Waals surface area contributed by atoms with Gasteiger partial charge in [0.15, 0.2) is 11.4 Å². The van der Waals surface area contributed by atoms with Crippen LogP contribution < -0.4 is 15.4 Å². The number of para-hydroxylation sites is 1. The van der Waals surface area contributed by atoms with E-state index in [1.165, 1.54) is 6.33 Å². The number of benzene rings is 4. The van der Waals surface area contributed by atoms with Crippen molar-refractivity contribution in [1.82, 2.24) is 15.2 Å². The highest BCUT2D eigenvalue weighted by molar-refractivity contribution is 7.99. The third kappa shape index (κ3) is 7.89. The topological polar surface area (TPSA) is 131 Å². The van der Waals surface area contributed by atoms with E-state index in [0.717, 1.165) is 27.6 Å². The second-order valence-corrected chi connectivity index (χ2v) is 11.6. The van der Waals surface area contributed by atoms with Crippen LogP contribution in [0.5, 0.6) is 11.5 Å². The number of amides is 2. The van der Waals surface area contributed by atoms with Crippen molar-refractivity contribution in [3.05, 3.63) is 126 Å². The molecule has 4 aromatic carbocycles. The predicted octanol–water partition coefficient (Wildman–Crippen LogP) is 7.32. The van der Waals surface area contributed by atoms with Gasteiger partial charge >= 0.3 is 6.03 Å². The zero-order chi connectivity index (χ0) is 31.0. The number of nitrogens with one attached hydrogen (secondary N) is 3. The second kappa shape index (κ2) is 14.4. The Bertz CT molecular complexity index is 1650. The standard InChI is InChI=1S/C34H33N5O5S/c1-22-30(20-45-34-35-21-36-39-34)43-32(44-31(22)24-9-7-23(19-40)8-10-24)25-11-13-26(14-12-25)37-33(41)38-27-15-17-29(18-16-27)42-28-5-3-2-4-6-28/h2-18,21-22,30-32,40H,19-20H2,1H3,(H,35,36,39)(H2,37,38,41). The second-order valence-electron chi connectivity index (χ2n) is 10.6. The van der Waals surface area contributed by atoms with Crippen LogP contribution in [0, 0.1) is 5.92 Å². The highest BCUT2D eigenvalue weighted by atomic mass is 32.2. The van der Waals surface area contributed by atoms with Crippen molar-refractivity contribution in [1.29, 1.82) is 0 Å². The summed E-state index contributed by atoms with van der Waals surface area (Å²) in [6.45, 7) is 2.10. The molecule has 4 unspecified atom stereocenters. The molecule has 6 rings (SSSR count). The first-order valence-corrected chi connectivity index (χ1v) is 15.5. The number of hydrogen-bond donors (Lipinski definition) is 4. The van der Waals surface area contributed by atoms with Gasteiger partial charge in [-0.2, -0.15) is 5.10 Å². The fraction of sp³-hybridized carbons (Fsp3) is 0.206. The largest absolute Gasteiger partial charge is 0.457 e. The van der Waals surface area contributed by atoms with Crippen LogP contribution in [0.4, 0.5) is 16.2 Å². The van der Waals surface area contributed by atoms with E-state index in [-0.39, 0.29) is 30.8 Å². The predicted molar refractivity (Wildman–Crippen MR) is 172 cm³/mol. The number of urea groups is 1. The number of aliphatic hydroxyl groups excluding tert-OH is 1. The van der Waals surface area contributed by atoms with Crippen LogP contribution in [0.3, 0.4) is 0 Å². The van der Waals surface area contributed by atoms with Crippen molar-refractivity contribution in [3.63, 3.8) is 0 Å². The fourth-order valence-corrected chi connectivity index (χ4v) is 5.93. The van der Waals surface area contributed by atoms with E-state index >= 15 is 0 Å². The van der Waals surface area contributed by atoms with Crippen molar-refractivity contribution in [2.75, 3.05) is 16.4 Å². The van der Waals surface area contributed by atoms with Crippen LogP contribution in [0.1, 0.15) is 36.0 Å². The summed E-state index contributed by atoms with van der Waals surface area (Å²) in [7, 11) is 0. The lowest BCUT2D eigenvalue weighted by molar-refractivity contribution is -0.268. The molecule has 11 heteroatoms. The van der Waals surface area contributed by atoms with Gasteiger partial charge in [-0.25, -0.2) is 9.78 Å². The monoisotopic (exact) mass is 623 g/mol. The zero-order valence-electron chi connectivity index (χ0n) is 24.5. The lowest BCUT2D eigenvalue weighted by Crippen LogP contribution is -2.38. The molecule has 1 saturated heterocycles. The molecule has 4 atom stereocenters. The molecule has 230 valence electrons. The maximum absolute atomic E-state index is 12.7. The van der Waals surface area contributed by atoms with Gasteiger partial charge in [0.1, 0.15) is 17.8 Å². The number of H-pyrrole nitrogens is 1. The molecule has 0 radical (unpaired) electrons. The van der Waals surface area contributed by atoms with Gasteiger partial charge in [0, 0.05) is 28.6 Å². The molecule has 0 aliphatic carbocycles. The van der Waals surface area contributed by atoms with Crippen LogP contribution in [0.25, 0.3) is 0 Å². The Morgan fingerprint density at radius 3 is 2.16 bits per heavy atom. The van der Waals surface area contributed by atoms with Gasteiger partial charge in [0.05, 0.1) is 18.8 Å². The molecule has 5 aromatic rings. The van der Waals surface area contributed by atoms with Crippen LogP contribution in [0.15, 0.2) is 115 Å². The Kier molecular flexibility index (Phi) is 9.71. The van der Waals surface area contributed by atoms with Crippen LogP contribution in [-0.2, 0) is 16.1 Å². The summed E-state index contributed by atoms with van der Waals surface area (Å²) in [6.07, 6.45) is 0.487. The highest BCUT2D eigenvalue weighted by Crippen LogP contribution is 2.43. The number of aliphatic hydroxyl groups is 1.